The number of hydrogen-bond donors (Lipinski definition) is 0. The van der Waals surface area contributed by atoms with Gasteiger partial charge in [-0.25, -0.2) is 0 Å². The fourth-order valence-electron chi connectivity index (χ4n) is 3.23. The van der Waals surface area contributed by atoms with Crippen LogP contribution in [0.25, 0.3) is 0 Å². The van der Waals surface area contributed by atoms with E-state index < -0.39 is 6.04 Å². The van der Waals surface area contributed by atoms with E-state index in [2.05, 4.69) is 6.07 Å². The van der Waals surface area contributed by atoms with Crippen LogP contribution in [-0.2, 0) is 4.79 Å². The number of nitriles is 1. The molecular formula is C21H21N3O3. The van der Waals surface area contributed by atoms with Gasteiger partial charge in [-0.05, 0) is 13.0 Å². The SMILES string of the molecule is CCN1C(=O)C(CC#N)N=C(c2ccccc2)c2cc(OC)c(OC)cc21. The van der Waals surface area contributed by atoms with Crippen LogP contribution in [0.5, 0.6) is 11.5 Å². The Hall–Kier alpha value is -3.33. The van der Waals surface area contributed by atoms with E-state index in [1.807, 2.05) is 43.3 Å². The van der Waals surface area contributed by atoms with Crippen molar-refractivity contribution in [1.82, 2.24) is 0 Å². The molecule has 6 nitrogen and oxygen atoms in total. The van der Waals surface area contributed by atoms with E-state index in [0.717, 1.165) is 11.1 Å². The minimum absolute atomic E-state index is 0.0218. The number of rotatable bonds is 5. The first-order valence-electron chi connectivity index (χ1n) is 8.72. The van der Waals surface area contributed by atoms with E-state index in [0.29, 0.717) is 29.4 Å². The van der Waals surface area contributed by atoms with Gasteiger partial charge in [0, 0.05) is 23.7 Å². The Labute approximate surface area is 158 Å². The molecule has 1 amide bonds. The highest BCUT2D eigenvalue weighted by Gasteiger charge is 2.32. The normalized spacial score (nSPS) is 16.1. The number of benzene rings is 2. The van der Waals surface area contributed by atoms with Gasteiger partial charge in [0.15, 0.2) is 11.5 Å². The maximum absolute atomic E-state index is 13.1. The number of nitrogens with zero attached hydrogens (tertiary/aromatic N) is 3. The predicted molar refractivity (Wildman–Crippen MR) is 104 cm³/mol. The summed E-state index contributed by atoms with van der Waals surface area (Å²) in [4.78, 5) is 19.4. The van der Waals surface area contributed by atoms with E-state index in [1.165, 1.54) is 0 Å². The van der Waals surface area contributed by atoms with Crippen LogP contribution in [0.2, 0.25) is 0 Å². The number of fused-ring (bicyclic) bond motifs is 1. The molecule has 1 heterocycles. The molecule has 0 spiro atoms. The average Bonchev–Trinajstić information content (AvgIpc) is 2.82. The van der Waals surface area contributed by atoms with Gasteiger partial charge in [-0.2, -0.15) is 5.26 Å². The highest BCUT2D eigenvalue weighted by atomic mass is 16.5. The molecule has 0 N–H and O–H groups in total. The largest absolute Gasteiger partial charge is 0.493 e. The Balaban J connectivity index is 2.32. The summed E-state index contributed by atoms with van der Waals surface area (Å²) in [6, 6.07) is 14.6. The number of carbonyl (C=O) groups is 1. The van der Waals surface area contributed by atoms with Crippen molar-refractivity contribution < 1.29 is 14.3 Å². The number of benzodiazepines with no additional fused rings is 1. The van der Waals surface area contributed by atoms with Crippen molar-refractivity contribution in [3.63, 3.8) is 0 Å². The van der Waals surface area contributed by atoms with Gasteiger partial charge in [0.05, 0.1) is 38.1 Å². The lowest BCUT2D eigenvalue weighted by atomic mass is 9.99. The smallest absolute Gasteiger partial charge is 0.252 e. The molecule has 1 unspecified atom stereocenters. The van der Waals surface area contributed by atoms with E-state index >= 15 is 0 Å². The Morgan fingerprint density at radius 2 is 1.81 bits per heavy atom. The maximum Gasteiger partial charge on any atom is 0.252 e. The summed E-state index contributed by atoms with van der Waals surface area (Å²) >= 11 is 0. The van der Waals surface area contributed by atoms with Crippen molar-refractivity contribution in [2.24, 2.45) is 4.99 Å². The fraction of sp³-hybridized carbons (Fsp3) is 0.286. The van der Waals surface area contributed by atoms with Crippen LogP contribution in [0, 0.1) is 11.3 Å². The van der Waals surface area contributed by atoms with Gasteiger partial charge in [-0.1, -0.05) is 30.3 Å². The lowest BCUT2D eigenvalue weighted by Gasteiger charge is -2.24. The first kappa shape index (κ1) is 18.5. The van der Waals surface area contributed by atoms with Crippen molar-refractivity contribution in [1.29, 1.82) is 5.26 Å². The summed E-state index contributed by atoms with van der Waals surface area (Å²) in [5.41, 5.74) is 3.01. The number of ether oxygens (including phenoxy) is 2. The molecule has 2 aromatic carbocycles. The molecule has 0 aromatic heterocycles. The van der Waals surface area contributed by atoms with E-state index in [-0.39, 0.29) is 12.3 Å². The van der Waals surface area contributed by atoms with E-state index in [1.54, 1.807) is 25.2 Å². The highest BCUT2D eigenvalue weighted by molar-refractivity contribution is 6.20. The van der Waals surface area contributed by atoms with Crippen LogP contribution in [0.15, 0.2) is 47.5 Å². The molecular weight excluding hydrogens is 342 g/mol. The van der Waals surface area contributed by atoms with Crippen LogP contribution in [0.3, 0.4) is 0 Å². The lowest BCUT2D eigenvalue weighted by molar-refractivity contribution is -0.119. The quantitative estimate of drug-likeness (QED) is 0.818. The van der Waals surface area contributed by atoms with Crippen LogP contribution in [-0.4, -0.2) is 38.4 Å². The predicted octanol–water partition coefficient (Wildman–Crippen LogP) is 3.19. The third-order valence-corrected chi connectivity index (χ3v) is 4.53. The zero-order valence-electron chi connectivity index (χ0n) is 15.6. The summed E-state index contributed by atoms with van der Waals surface area (Å²) in [5.74, 6) is 0.897. The molecule has 0 saturated heterocycles. The van der Waals surface area contributed by atoms with Crippen molar-refractivity contribution in [2.45, 2.75) is 19.4 Å². The molecule has 1 atom stereocenters. The van der Waals surface area contributed by atoms with Crippen LogP contribution in [0.4, 0.5) is 5.69 Å². The first-order valence-corrected chi connectivity index (χ1v) is 8.72. The summed E-state index contributed by atoms with van der Waals surface area (Å²) in [6.45, 7) is 2.36. The molecule has 1 aliphatic rings. The third-order valence-electron chi connectivity index (χ3n) is 4.53. The van der Waals surface area contributed by atoms with Crippen LogP contribution >= 0.6 is 0 Å². The van der Waals surface area contributed by atoms with Gasteiger partial charge in [0.2, 0.25) is 0 Å². The van der Waals surface area contributed by atoms with Gasteiger partial charge in [-0.3, -0.25) is 9.79 Å². The fourth-order valence-corrected chi connectivity index (χ4v) is 3.23. The number of likely N-dealkylation sites (N-methyl/N-ethyl adjacent to an activating group) is 1. The summed E-state index contributed by atoms with van der Waals surface area (Å²) < 4.78 is 10.9. The Kier molecular flexibility index (Phi) is 5.41. The molecule has 0 aliphatic carbocycles. The van der Waals surface area contributed by atoms with Gasteiger partial charge in [0.25, 0.3) is 5.91 Å². The molecule has 2 aromatic rings. The van der Waals surface area contributed by atoms with Crippen molar-refractivity contribution in [3.05, 3.63) is 53.6 Å². The average molecular weight is 363 g/mol. The molecule has 0 bridgehead atoms. The molecule has 0 fully saturated rings. The summed E-state index contributed by atoms with van der Waals surface area (Å²) in [5, 5.41) is 9.20. The molecule has 6 heteroatoms. The van der Waals surface area contributed by atoms with Gasteiger partial charge < -0.3 is 14.4 Å². The number of carbonyl (C=O) groups excluding carboxylic acids is 1. The number of amides is 1. The van der Waals surface area contributed by atoms with Crippen molar-refractivity contribution in [2.75, 3.05) is 25.7 Å². The van der Waals surface area contributed by atoms with Crippen LogP contribution < -0.4 is 14.4 Å². The number of anilines is 1. The van der Waals surface area contributed by atoms with Gasteiger partial charge >= 0.3 is 0 Å². The second-order valence-corrected chi connectivity index (χ2v) is 6.03. The highest BCUT2D eigenvalue weighted by Crippen LogP contribution is 2.38. The Morgan fingerprint density at radius 3 is 2.41 bits per heavy atom. The van der Waals surface area contributed by atoms with Crippen LogP contribution in [0.1, 0.15) is 24.5 Å². The molecule has 1 aliphatic heterocycles. The zero-order valence-corrected chi connectivity index (χ0v) is 15.6. The lowest BCUT2D eigenvalue weighted by Crippen LogP contribution is -2.37. The number of hydrogen-bond acceptors (Lipinski definition) is 5. The molecule has 27 heavy (non-hydrogen) atoms. The molecule has 3 rings (SSSR count). The van der Waals surface area contributed by atoms with Crippen molar-refractivity contribution >= 4 is 17.3 Å². The second kappa shape index (κ2) is 7.92. The third kappa shape index (κ3) is 3.36. The summed E-state index contributed by atoms with van der Waals surface area (Å²) in [7, 11) is 3.13. The molecule has 138 valence electrons. The minimum atomic E-state index is -0.755. The minimum Gasteiger partial charge on any atom is -0.493 e. The van der Waals surface area contributed by atoms with Gasteiger partial charge in [0.1, 0.15) is 6.04 Å². The topological polar surface area (TPSA) is 74.9 Å². The number of aliphatic imine (C=N–C) groups is 1. The van der Waals surface area contributed by atoms with Crippen molar-refractivity contribution in [3.8, 4) is 17.6 Å². The maximum atomic E-state index is 13.1. The standard InChI is InChI=1S/C21H21N3O3/c1-4-24-17-13-19(27-3)18(26-2)12-15(17)20(14-8-6-5-7-9-14)23-16(10-11-22)21(24)25/h5-9,12-13,16H,4,10H2,1-3H3. The molecule has 0 radical (unpaired) electrons. The first-order chi connectivity index (χ1) is 13.1. The van der Waals surface area contributed by atoms with Gasteiger partial charge in [-0.15, -0.1) is 0 Å². The Bertz CT molecular complexity index is 916. The van der Waals surface area contributed by atoms with E-state index in [4.69, 9.17) is 14.5 Å². The zero-order chi connectivity index (χ0) is 19.4. The summed E-state index contributed by atoms with van der Waals surface area (Å²) in [6.07, 6.45) is 0.0218. The Morgan fingerprint density at radius 1 is 1.15 bits per heavy atom. The second-order valence-electron chi connectivity index (χ2n) is 6.03. The van der Waals surface area contributed by atoms with E-state index in [9.17, 15) is 10.1 Å². The molecule has 0 saturated carbocycles. The number of methoxy groups -OCH3 is 2. The monoisotopic (exact) mass is 363 g/mol.